The van der Waals surface area contributed by atoms with E-state index >= 15 is 0 Å². The van der Waals surface area contributed by atoms with Crippen molar-refractivity contribution in [2.24, 2.45) is 12.0 Å². The van der Waals surface area contributed by atoms with Gasteiger partial charge in [-0.25, -0.2) is 0 Å². The molecular weight excluding hydrogens is 366 g/mol. The molecule has 1 aliphatic rings. The first kappa shape index (κ1) is 19.2. The summed E-state index contributed by atoms with van der Waals surface area (Å²) in [4.78, 5) is 6.69. The standard InChI is InChI=1S/C21H27N7O/c1-22-21(27-8-9-29-20(16-27)19-12-24-26(2)15-19)23-10-18-11-25-28(14-18)13-17-6-4-3-5-7-17/h3-7,11-12,14-15,20H,8-10,13,16H2,1-2H3,(H,22,23). The molecule has 3 heterocycles. The Labute approximate surface area is 170 Å². The van der Waals surface area contributed by atoms with Crippen LogP contribution in [0.3, 0.4) is 0 Å². The Balaban J connectivity index is 1.33. The van der Waals surface area contributed by atoms with Crippen LogP contribution in [0.25, 0.3) is 0 Å². The first-order valence-corrected chi connectivity index (χ1v) is 9.82. The van der Waals surface area contributed by atoms with Crippen LogP contribution in [0.4, 0.5) is 0 Å². The van der Waals surface area contributed by atoms with Crippen molar-refractivity contribution < 1.29 is 4.74 Å². The minimum Gasteiger partial charge on any atom is -0.370 e. The third-order valence-corrected chi connectivity index (χ3v) is 5.00. The molecule has 1 aromatic carbocycles. The van der Waals surface area contributed by atoms with E-state index in [9.17, 15) is 0 Å². The predicted molar refractivity (Wildman–Crippen MR) is 111 cm³/mol. The molecule has 0 aliphatic carbocycles. The quantitative estimate of drug-likeness (QED) is 0.529. The molecule has 0 radical (unpaired) electrons. The van der Waals surface area contributed by atoms with Gasteiger partial charge in [0.05, 0.1) is 32.1 Å². The highest BCUT2D eigenvalue weighted by atomic mass is 16.5. The summed E-state index contributed by atoms with van der Waals surface area (Å²) in [6, 6.07) is 10.3. The fourth-order valence-corrected chi connectivity index (χ4v) is 3.52. The summed E-state index contributed by atoms with van der Waals surface area (Å²) in [5.74, 6) is 0.873. The van der Waals surface area contributed by atoms with Crippen molar-refractivity contribution in [2.75, 3.05) is 26.7 Å². The van der Waals surface area contributed by atoms with E-state index in [1.165, 1.54) is 5.56 Å². The molecule has 29 heavy (non-hydrogen) atoms. The summed E-state index contributed by atoms with van der Waals surface area (Å²) in [6.45, 7) is 3.67. The number of nitrogens with one attached hydrogen (secondary N) is 1. The van der Waals surface area contributed by atoms with Gasteiger partial charge >= 0.3 is 0 Å². The summed E-state index contributed by atoms with van der Waals surface area (Å²) < 4.78 is 9.70. The molecule has 2 aromatic heterocycles. The molecule has 3 aromatic rings. The number of morpholine rings is 1. The second kappa shape index (κ2) is 8.91. The monoisotopic (exact) mass is 393 g/mol. The Morgan fingerprint density at radius 3 is 2.79 bits per heavy atom. The number of rotatable bonds is 5. The first-order valence-electron chi connectivity index (χ1n) is 9.82. The highest BCUT2D eigenvalue weighted by Crippen LogP contribution is 2.21. The van der Waals surface area contributed by atoms with Crippen molar-refractivity contribution in [2.45, 2.75) is 19.2 Å². The van der Waals surface area contributed by atoms with E-state index in [0.717, 1.165) is 36.7 Å². The van der Waals surface area contributed by atoms with Crippen LogP contribution in [0.5, 0.6) is 0 Å². The van der Waals surface area contributed by atoms with Crippen LogP contribution in [-0.2, 0) is 24.9 Å². The van der Waals surface area contributed by atoms with Crippen LogP contribution < -0.4 is 5.32 Å². The van der Waals surface area contributed by atoms with E-state index in [0.29, 0.717) is 13.2 Å². The highest BCUT2D eigenvalue weighted by Gasteiger charge is 2.25. The third kappa shape index (κ3) is 4.83. The lowest BCUT2D eigenvalue weighted by Gasteiger charge is -2.34. The maximum Gasteiger partial charge on any atom is 0.194 e. The van der Waals surface area contributed by atoms with Crippen molar-refractivity contribution in [1.82, 2.24) is 29.8 Å². The van der Waals surface area contributed by atoms with E-state index in [1.807, 2.05) is 55.6 Å². The van der Waals surface area contributed by atoms with Crippen LogP contribution in [0, 0.1) is 0 Å². The molecule has 1 saturated heterocycles. The summed E-state index contributed by atoms with van der Waals surface area (Å²) in [7, 11) is 3.73. The fourth-order valence-electron chi connectivity index (χ4n) is 3.52. The molecule has 1 atom stereocenters. The van der Waals surface area contributed by atoms with Crippen LogP contribution >= 0.6 is 0 Å². The number of guanidine groups is 1. The Morgan fingerprint density at radius 1 is 1.17 bits per heavy atom. The smallest absolute Gasteiger partial charge is 0.194 e. The summed E-state index contributed by atoms with van der Waals surface area (Å²) >= 11 is 0. The summed E-state index contributed by atoms with van der Waals surface area (Å²) in [6.07, 6.45) is 7.85. The molecule has 0 bridgehead atoms. The average Bonchev–Trinajstić information content (AvgIpc) is 3.38. The molecule has 0 saturated carbocycles. The number of hydrogen-bond donors (Lipinski definition) is 1. The zero-order valence-electron chi connectivity index (χ0n) is 16.9. The molecule has 8 heteroatoms. The van der Waals surface area contributed by atoms with Crippen molar-refractivity contribution in [3.8, 4) is 0 Å². The number of aromatic nitrogens is 4. The molecule has 1 unspecified atom stereocenters. The van der Waals surface area contributed by atoms with Gasteiger partial charge in [0.2, 0.25) is 0 Å². The van der Waals surface area contributed by atoms with Crippen LogP contribution in [-0.4, -0.2) is 57.2 Å². The minimum atomic E-state index is 0.00428. The molecule has 0 spiro atoms. The maximum absolute atomic E-state index is 5.93. The van der Waals surface area contributed by atoms with Crippen molar-refractivity contribution >= 4 is 5.96 Å². The Kier molecular flexibility index (Phi) is 5.90. The molecule has 1 aliphatic heterocycles. The Morgan fingerprint density at radius 2 is 2.03 bits per heavy atom. The predicted octanol–water partition coefficient (Wildman–Crippen LogP) is 1.81. The lowest BCUT2D eigenvalue weighted by atomic mass is 10.1. The van der Waals surface area contributed by atoms with Gasteiger partial charge in [0.15, 0.2) is 5.96 Å². The Hall–Kier alpha value is -3.13. The molecule has 152 valence electrons. The number of hydrogen-bond acceptors (Lipinski definition) is 4. The number of nitrogens with zero attached hydrogens (tertiary/aromatic N) is 6. The number of aliphatic imine (C=N–C) groups is 1. The van der Waals surface area contributed by atoms with Crippen LogP contribution in [0.1, 0.15) is 22.8 Å². The molecule has 0 amide bonds. The third-order valence-electron chi connectivity index (χ3n) is 5.00. The van der Waals surface area contributed by atoms with E-state index in [-0.39, 0.29) is 6.10 Å². The van der Waals surface area contributed by atoms with Gasteiger partial charge in [0.1, 0.15) is 6.10 Å². The summed E-state index contributed by atoms with van der Waals surface area (Å²) in [5.41, 5.74) is 3.45. The van der Waals surface area contributed by atoms with Gasteiger partial charge < -0.3 is 15.0 Å². The molecule has 8 nitrogen and oxygen atoms in total. The molecule has 1 fully saturated rings. The normalized spacial score (nSPS) is 17.5. The zero-order chi connectivity index (χ0) is 20.1. The van der Waals surface area contributed by atoms with Gasteiger partial charge in [-0.1, -0.05) is 30.3 Å². The van der Waals surface area contributed by atoms with E-state index in [4.69, 9.17) is 4.74 Å². The minimum absolute atomic E-state index is 0.00428. The number of ether oxygens (including phenoxy) is 1. The SMILES string of the molecule is CN=C(NCc1cnn(Cc2ccccc2)c1)N1CCOC(c2cnn(C)c2)C1. The lowest BCUT2D eigenvalue weighted by Crippen LogP contribution is -2.47. The largest absolute Gasteiger partial charge is 0.370 e. The van der Waals surface area contributed by atoms with Gasteiger partial charge in [-0.05, 0) is 5.56 Å². The lowest BCUT2D eigenvalue weighted by molar-refractivity contribution is -0.00805. The van der Waals surface area contributed by atoms with E-state index < -0.39 is 0 Å². The average molecular weight is 393 g/mol. The van der Waals surface area contributed by atoms with Gasteiger partial charge in [-0.2, -0.15) is 10.2 Å². The van der Waals surface area contributed by atoms with Crippen LogP contribution in [0.2, 0.25) is 0 Å². The zero-order valence-corrected chi connectivity index (χ0v) is 16.9. The molecular formula is C21H27N7O. The first-order chi connectivity index (χ1) is 14.2. The number of aryl methyl sites for hydroxylation is 1. The van der Waals surface area contributed by atoms with Gasteiger partial charge in [0, 0.05) is 50.7 Å². The highest BCUT2D eigenvalue weighted by molar-refractivity contribution is 5.80. The van der Waals surface area contributed by atoms with Gasteiger partial charge in [-0.15, -0.1) is 0 Å². The van der Waals surface area contributed by atoms with Crippen molar-refractivity contribution in [3.05, 3.63) is 71.8 Å². The summed E-state index contributed by atoms with van der Waals surface area (Å²) in [5, 5.41) is 12.2. The van der Waals surface area contributed by atoms with Crippen molar-refractivity contribution in [3.63, 3.8) is 0 Å². The van der Waals surface area contributed by atoms with Crippen molar-refractivity contribution in [1.29, 1.82) is 0 Å². The second-order valence-corrected chi connectivity index (χ2v) is 7.19. The van der Waals surface area contributed by atoms with Gasteiger partial charge in [-0.3, -0.25) is 14.4 Å². The Bertz CT molecular complexity index is 947. The van der Waals surface area contributed by atoms with Gasteiger partial charge in [0.25, 0.3) is 0 Å². The van der Waals surface area contributed by atoms with E-state index in [2.05, 4.69) is 43.7 Å². The molecule has 1 N–H and O–H groups in total. The second-order valence-electron chi connectivity index (χ2n) is 7.19. The number of benzene rings is 1. The molecule has 4 rings (SSSR count). The maximum atomic E-state index is 5.93. The van der Waals surface area contributed by atoms with Crippen LogP contribution in [0.15, 0.2) is 60.1 Å². The fraction of sp³-hybridized carbons (Fsp3) is 0.381. The van der Waals surface area contributed by atoms with E-state index in [1.54, 1.807) is 4.68 Å². The topological polar surface area (TPSA) is 72.5 Å².